The van der Waals surface area contributed by atoms with Gasteiger partial charge in [-0.25, -0.2) is 8.42 Å². The number of aryl methyl sites for hydroxylation is 1. The van der Waals surface area contributed by atoms with Crippen molar-refractivity contribution in [3.63, 3.8) is 0 Å². The van der Waals surface area contributed by atoms with E-state index in [1.807, 2.05) is 30.3 Å². The largest absolute Gasteiger partial charge is 0.336 e. The highest BCUT2D eigenvalue weighted by Gasteiger charge is 2.33. The van der Waals surface area contributed by atoms with Crippen LogP contribution in [0.4, 0.5) is 0 Å². The van der Waals surface area contributed by atoms with Crippen LogP contribution in [0.1, 0.15) is 33.6 Å². The standard InChI is InChI=1S/C24H22N4O3S/c25-16-17-6-1-4-11-22(17)32(30,31)28-14-12-27(13-15-28)24(29)23-18-7-2-3-9-20(18)26-21-10-5-8-19(21)23/h1-4,6-7,9,11H,5,8,10,12-15H2. The molecule has 0 atom stereocenters. The highest BCUT2D eigenvalue weighted by atomic mass is 32.2. The molecule has 0 saturated carbocycles. The van der Waals surface area contributed by atoms with E-state index in [0.29, 0.717) is 18.7 Å². The molecule has 7 nitrogen and oxygen atoms in total. The predicted octanol–water partition coefficient (Wildman–Crippen LogP) is 2.74. The number of rotatable bonds is 3. The molecular formula is C24H22N4O3S. The fraction of sp³-hybridized carbons (Fsp3) is 0.292. The number of carbonyl (C=O) groups is 1. The second kappa shape index (κ2) is 8.01. The molecule has 1 saturated heterocycles. The van der Waals surface area contributed by atoms with Crippen LogP contribution < -0.4 is 0 Å². The van der Waals surface area contributed by atoms with Gasteiger partial charge in [0, 0.05) is 37.3 Å². The van der Waals surface area contributed by atoms with Crippen molar-refractivity contribution in [3.8, 4) is 6.07 Å². The van der Waals surface area contributed by atoms with Crippen LogP contribution in [-0.2, 0) is 22.9 Å². The van der Waals surface area contributed by atoms with Crippen molar-refractivity contribution in [2.24, 2.45) is 0 Å². The molecule has 8 heteroatoms. The van der Waals surface area contributed by atoms with Crippen LogP contribution in [0.15, 0.2) is 53.4 Å². The van der Waals surface area contributed by atoms with Gasteiger partial charge in [0.1, 0.15) is 6.07 Å². The number of nitriles is 1. The van der Waals surface area contributed by atoms with E-state index in [0.717, 1.165) is 41.4 Å². The van der Waals surface area contributed by atoms with E-state index in [-0.39, 0.29) is 29.5 Å². The number of fused-ring (bicyclic) bond motifs is 2. The van der Waals surface area contributed by atoms with Crippen LogP contribution in [0.25, 0.3) is 10.9 Å². The van der Waals surface area contributed by atoms with Gasteiger partial charge in [-0.1, -0.05) is 30.3 Å². The second-order valence-corrected chi connectivity index (χ2v) is 9.99. The van der Waals surface area contributed by atoms with E-state index in [4.69, 9.17) is 4.98 Å². The number of benzene rings is 2. The van der Waals surface area contributed by atoms with Gasteiger partial charge in [0.05, 0.1) is 21.5 Å². The zero-order valence-corrected chi connectivity index (χ0v) is 18.3. The first-order valence-electron chi connectivity index (χ1n) is 10.7. The van der Waals surface area contributed by atoms with Crippen LogP contribution in [0, 0.1) is 11.3 Å². The second-order valence-electron chi connectivity index (χ2n) is 8.09. The van der Waals surface area contributed by atoms with Gasteiger partial charge < -0.3 is 4.90 Å². The molecule has 5 rings (SSSR count). The summed E-state index contributed by atoms with van der Waals surface area (Å²) in [4.78, 5) is 20.1. The van der Waals surface area contributed by atoms with E-state index in [1.165, 1.54) is 16.4 Å². The number of pyridine rings is 1. The average molecular weight is 447 g/mol. The monoisotopic (exact) mass is 446 g/mol. The van der Waals surface area contributed by atoms with Crippen molar-refractivity contribution in [1.82, 2.24) is 14.2 Å². The van der Waals surface area contributed by atoms with Crippen molar-refractivity contribution >= 4 is 26.8 Å². The fourth-order valence-electron chi connectivity index (χ4n) is 4.67. The lowest BCUT2D eigenvalue weighted by Gasteiger charge is -2.34. The Kier molecular flexibility index (Phi) is 5.16. The Hall–Kier alpha value is -3.28. The van der Waals surface area contributed by atoms with Crippen molar-refractivity contribution in [1.29, 1.82) is 5.26 Å². The lowest BCUT2D eigenvalue weighted by Crippen LogP contribution is -2.50. The van der Waals surface area contributed by atoms with E-state index in [2.05, 4.69) is 0 Å². The normalized spacial score (nSPS) is 16.7. The maximum Gasteiger partial charge on any atom is 0.254 e. The summed E-state index contributed by atoms with van der Waals surface area (Å²) >= 11 is 0. The number of para-hydroxylation sites is 1. The van der Waals surface area contributed by atoms with Gasteiger partial charge in [-0.3, -0.25) is 9.78 Å². The minimum Gasteiger partial charge on any atom is -0.336 e. The fourth-order valence-corrected chi connectivity index (χ4v) is 6.23. The third-order valence-electron chi connectivity index (χ3n) is 6.28. The molecule has 0 spiro atoms. The summed E-state index contributed by atoms with van der Waals surface area (Å²) in [6.07, 6.45) is 2.71. The van der Waals surface area contributed by atoms with E-state index in [9.17, 15) is 18.5 Å². The third kappa shape index (κ3) is 3.34. The van der Waals surface area contributed by atoms with E-state index in [1.54, 1.807) is 17.0 Å². The van der Waals surface area contributed by atoms with E-state index >= 15 is 0 Å². The number of hydrogen-bond acceptors (Lipinski definition) is 5. The molecule has 1 fully saturated rings. The minimum absolute atomic E-state index is 0.0141. The summed E-state index contributed by atoms with van der Waals surface area (Å²) in [5.41, 5.74) is 3.71. The molecule has 0 N–H and O–H groups in total. The van der Waals surface area contributed by atoms with Gasteiger partial charge in [-0.05, 0) is 43.0 Å². The quantitative estimate of drug-likeness (QED) is 0.617. The average Bonchev–Trinajstić information content (AvgIpc) is 3.30. The van der Waals surface area contributed by atoms with Gasteiger partial charge in [-0.15, -0.1) is 0 Å². The van der Waals surface area contributed by atoms with Crippen molar-refractivity contribution in [3.05, 3.63) is 70.9 Å². The molecule has 2 heterocycles. The molecule has 162 valence electrons. The Bertz CT molecular complexity index is 1370. The highest BCUT2D eigenvalue weighted by molar-refractivity contribution is 7.89. The third-order valence-corrected chi connectivity index (χ3v) is 8.24. The molecule has 3 aromatic rings. The molecule has 0 radical (unpaired) electrons. The van der Waals surface area contributed by atoms with Crippen molar-refractivity contribution < 1.29 is 13.2 Å². The number of carbonyl (C=O) groups excluding carboxylic acids is 1. The lowest BCUT2D eigenvalue weighted by atomic mass is 10.00. The first kappa shape index (κ1) is 20.6. The van der Waals surface area contributed by atoms with Gasteiger partial charge in [0.25, 0.3) is 5.91 Å². The van der Waals surface area contributed by atoms with Gasteiger partial charge in [-0.2, -0.15) is 9.57 Å². The van der Waals surface area contributed by atoms with Crippen LogP contribution in [-0.4, -0.2) is 54.7 Å². The van der Waals surface area contributed by atoms with Gasteiger partial charge >= 0.3 is 0 Å². The summed E-state index contributed by atoms with van der Waals surface area (Å²) < 4.78 is 27.6. The molecule has 0 unspecified atom stereocenters. The minimum atomic E-state index is -3.80. The van der Waals surface area contributed by atoms with Gasteiger partial charge in [0.15, 0.2) is 0 Å². The van der Waals surface area contributed by atoms with Crippen LogP contribution >= 0.6 is 0 Å². The molecule has 0 bridgehead atoms. The summed E-state index contributed by atoms with van der Waals surface area (Å²) in [5.74, 6) is -0.0591. The molecular weight excluding hydrogens is 424 g/mol. The summed E-state index contributed by atoms with van der Waals surface area (Å²) in [7, 11) is -3.80. The number of nitrogens with zero attached hydrogens (tertiary/aromatic N) is 4. The summed E-state index contributed by atoms with van der Waals surface area (Å²) in [5, 5.41) is 10.2. The number of piperazine rings is 1. The number of sulfonamides is 1. The summed E-state index contributed by atoms with van der Waals surface area (Å²) in [6.45, 7) is 0.995. The molecule has 2 aromatic carbocycles. The van der Waals surface area contributed by atoms with Crippen LogP contribution in [0.3, 0.4) is 0 Å². The Labute approximate surface area is 186 Å². The number of amides is 1. The Morgan fingerprint density at radius 2 is 1.69 bits per heavy atom. The number of aromatic nitrogens is 1. The lowest BCUT2D eigenvalue weighted by molar-refractivity contribution is 0.0698. The highest BCUT2D eigenvalue weighted by Crippen LogP contribution is 2.31. The molecule has 1 aliphatic carbocycles. The van der Waals surface area contributed by atoms with Gasteiger partial charge in [0.2, 0.25) is 10.0 Å². The number of hydrogen-bond donors (Lipinski definition) is 0. The maximum atomic E-state index is 13.6. The Balaban J connectivity index is 1.41. The zero-order chi connectivity index (χ0) is 22.3. The maximum absolute atomic E-state index is 13.6. The zero-order valence-electron chi connectivity index (χ0n) is 17.5. The van der Waals surface area contributed by atoms with Crippen molar-refractivity contribution in [2.75, 3.05) is 26.2 Å². The summed E-state index contributed by atoms with van der Waals surface area (Å²) in [6, 6.07) is 15.9. The molecule has 1 amide bonds. The van der Waals surface area contributed by atoms with Crippen molar-refractivity contribution in [2.45, 2.75) is 24.2 Å². The molecule has 1 aliphatic heterocycles. The van der Waals surface area contributed by atoms with E-state index < -0.39 is 10.0 Å². The first-order chi connectivity index (χ1) is 15.5. The SMILES string of the molecule is N#Cc1ccccc1S(=O)(=O)N1CCN(C(=O)c2c3c(nc4ccccc24)CCC3)CC1. The molecule has 32 heavy (non-hydrogen) atoms. The Morgan fingerprint density at radius 1 is 0.969 bits per heavy atom. The smallest absolute Gasteiger partial charge is 0.254 e. The molecule has 2 aliphatic rings. The molecule has 1 aromatic heterocycles. The topological polar surface area (TPSA) is 94.4 Å². The first-order valence-corrected chi connectivity index (χ1v) is 12.1. The predicted molar refractivity (Wildman–Crippen MR) is 120 cm³/mol. The van der Waals surface area contributed by atoms with Crippen LogP contribution in [0.2, 0.25) is 0 Å². The van der Waals surface area contributed by atoms with Crippen LogP contribution in [0.5, 0.6) is 0 Å². The Morgan fingerprint density at radius 3 is 2.47 bits per heavy atom.